The molecule has 23 heavy (non-hydrogen) atoms. The third-order valence-electron chi connectivity index (χ3n) is 4.04. The van der Waals surface area contributed by atoms with Gasteiger partial charge in [0.2, 0.25) is 5.16 Å². The van der Waals surface area contributed by atoms with Crippen molar-refractivity contribution in [2.24, 2.45) is 5.92 Å². The summed E-state index contributed by atoms with van der Waals surface area (Å²) >= 11 is 1.45. The fourth-order valence-corrected chi connectivity index (χ4v) is 3.66. The number of H-pyrrole nitrogens is 1. The third-order valence-corrected chi connectivity index (χ3v) is 4.89. The zero-order chi connectivity index (χ0) is 16.1. The molecule has 0 spiro atoms. The monoisotopic (exact) mass is 335 g/mol. The summed E-state index contributed by atoms with van der Waals surface area (Å²) in [4.78, 5) is 16.3. The SMILES string of the molecule is CCOC(=O)c1ccoc1CSc1n[nH]c(CC2CCCC2)n1. The minimum Gasteiger partial charge on any atom is -0.468 e. The van der Waals surface area contributed by atoms with Crippen molar-refractivity contribution in [3.63, 3.8) is 0 Å². The van der Waals surface area contributed by atoms with E-state index in [4.69, 9.17) is 9.15 Å². The zero-order valence-electron chi connectivity index (χ0n) is 13.2. The largest absolute Gasteiger partial charge is 0.468 e. The lowest BCUT2D eigenvalue weighted by Crippen LogP contribution is -2.05. The van der Waals surface area contributed by atoms with E-state index in [2.05, 4.69) is 15.2 Å². The van der Waals surface area contributed by atoms with Gasteiger partial charge >= 0.3 is 5.97 Å². The van der Waals surface area contributed by atoms with Gasteiger partial charge in [0.1, 0.15) is 17.1 Å². The van der Waals surface area contributed by atoms with Crippen LogP contribution in [0.3, 0.4) is 0 Å². The van der Waals surface area contributed by atoms with Gasteiger partial charge in [0.25, 0.3) is 0 Å². The van der Waals surface area contributed by atoms with Crippen LogP contribution in [0.1, 0.15) is 54.5 Å². The summed E-state index contributed by atoms with van der Waals surface area (Å²) in [7, 11) is 0. The summed E-state index contributed by atoms with van der Waals surface area (Å²) in [6, 6.07) is 1.64. The summed E-state index contributed by atoms with van der Waals surface area (Å²) in [6.07, 6.45) is 7.72. The summed E-state index contributed by atoms with van der Waals surface area (Å²) in [5, 5.41) is 7.94. The highest BCUT2D eigenvalue weighted by atomic mass is 32.2. The number of nitrogens with one attached hydrogen (secondary N) is 1. The van der Waals surface area contributed by atoms with Crippen LogP contribution in [0.25, 0.3) is 0 Å². The van der Waals surface area contributed by atoms with Gasteiger partial charge in [-0.15, -0.1) is 5.10 Å². The van der Waals surface area contributed by atoms with E-state index < -0.39 is 0 Å². The first-order chi connectivity index (χ1) is 11.3. The molecule has 0 aromatic carbocycles. The predicted molar refractivity (Wildman–Crippen MR) is 86.3 cm³/mol. The molecule has 1 saturated carbocycles. The number of aromatic nitrogens is 3. The van der Waals surface area contributed by atoms with Gasteiger partial charge in [-0.3, -0.25) is 5.10 Å². The molecule has 124 valence electrons. The normalized spacial score (nSPS) is 15.2. The highest BCUT2D eigenvalue weighted by molar-refractivity contribution is 7.98. The molecule has 6 nitrogen and oxygen atoms in total. The average molecular weight is 335 g/mol. The van der Waals surface area contributed by atoms with Crippen molar-refractivity contribution < 1.29 is 13.9 Å². The standard InChI is InChI=1S/C16H21N3O3S/c1-2-21-15(20)12-7-8-22-13(12)10-23-16-17-14(18-19-16)9-11-5-3-4-6-11/h7-8,11H,2-6,9-10H2,1H3,(H,17,18,19). The number of aromatic amines is 1. The minimum atomic E-state index is -0.353. The molecular formula is C16H21N3O3S. The Kier molecular flexibility index (Phi) is 5.38. The predicted octanol–water partition coefficient (Wildman–Crippen LogP) is 3.60. The van der Waals surface area contributed by atoms with Crippen LogP contribution < -0.4 is 0 Å². The van der Waals surface area contributed by atoms with E-state index in [1.54, 1.807) is 13.0 Å². The van der Waals surface area contributed by atoms with Crippen molar-refractivity contribution in [2.45, 2.75) is 49.9 Å². The summed E-state index contributed by atoms with van der Waals surface area (Å²) in [5.74, 6) is 2.43. The van der Waals surface area contributed by atoms with Crippen LogP contribution in [-0.2, 0) is 16.9 Å². The Morgan fingerprint density at radius 3 is 3.09 bits per heavy atom. The van der Waals surface area contributed by atoms with Crippen LogP contribution in [-0.4, -0.2) is 27.8 Å². The van der Waals surface area contributed by atoms with Gasteiger partial charge in [-0.1, -0.05) is 37.4 Å². The van der Waals surface area contributed by atoms with E-state index in [-0.39, 0.29) is 5.97 Å². The molecule has 0 bridgehead atoms. The van der Waals surface area contributed by atoms with Crippen LogP contribution in [0.15, 0.2) is 21.9 Å². The first-order valence-corrected chi connectivity index (χ1v) is 9.02. The first kappa shape index (κ1) is 16.1. The van der Waals surface area contributed by atoms with Gasteiger partial charge in [-0.2, -0.15) is 0 Å². The number of carbonyl (C=O) groups excluding carboxylic acids is 1. The molecule has 1 N–H and O–H groups in total. The van der Waals surface area contributed by atoms with Crippen molar-refractivity contribution >= 4 is 17.7 Å². The number of rotatable bonds is 7. The summed E-state index contributed by atoms with van der Waals surface area (Å²) in [6.45, 7) is 2.13. The molecule has 2 aromatic heterocycles. The van der Waals surface area contributed by atoms with Gasteiger partial charge in [0.05, 0.1) is 18.6 Å². The maximum atomic E-state index is 11.8. The fraction of sp³-hybridized carbons (Fsp3) is 0.562. The van der Waals surface area contributed by atoms with E-state index in [1.165, 1.54) is 43.7 Å². The molecule has 3 rings (SSSR count). The summed E-state index contributed by atoms with van der Waals surface area (Å²) < 4.78 is 10.4. The van der Waals surface area contributed by atoms with E-state index in [0.29, 0.717) is 28.8 Å². The quantitative estimate of drug-likeness (QED) is 0.615. The van der Waals surface area contributed by atoms with Gasteiger partial charge in [-0.25, -0.2) is 9.78 Å². The van der Waals surface area contributed by atoms with Crippen molar-refractivity contribution in [1.82, 2.24) is 15.2 Å². The maximum Gasteiger partial charge on any atom is 0.341 e. The smallest absolute Gasteiger partial charge is 0.341 e. The number of ether oxygens (including phenoxy) is 1. The van der Waals surface area contributed by atoms with Crippen LogP contribution in [0, 0.1) is 5.92 Å². The van der Waals surface area contributed by atoms with Crippen molar-refractivity contribution in [3.05, 3.63) is 29.5 Å². The average Bonchev–Trinajstić information content (AvgIpc) is 3.27. The number of hydrogen-bond donors (Lipinski definition) is 1. The number of esters is 1. The molecule has 1 aliphatic rings. The molecule has 2 aromatic rings. The Bertz CT molecular complexity index is 647. The second-order valence-corrected chi connectivity index (χ2v) is 6.63. The van der Waals surface area contributed by atoms with Gasteiger partial charge < -0.3 is 9.15 Å². The van der Waals surface area contributed by atoms with Crippen LogP contribution in [0.4, 0.5) is 0 Å². The second-order valence-electron chi connectivity index (χ2n) is 5.69. The Morgan fingerprint density at radius 2 is 2.30 bits per heavy atom. The molecule has 1 fully saturated rings. The molecule has 0 aliphatic heterocycles. The molecule has 0 radical (unpaired) electrons. The summed E-state index contributed by atoms with van der Waals surface area (Å²) in [5.41, 5.74) is 0.473. The number of thioether (sulfide) groups is 1. The van der Waals surface area contributed by atoms with Crippen molar-refractivity contribution in [3.8, 4) is 0 Å². The maximum absolute atomic E-state index is 11.8. The van der Waals surface area contributed by atoms with Crippen LogP contribution >= 0.6 is 11.8 Å². The van der Waals surface area contributed by atoms with Crippen LogP contribution in [0.5, 0.6) is 0 Å². The molecule has 1 aliphatic carbocycles. The van der Waals surface area contributed by atoms with E-state index >= 15 is 0 Å². The van der Waals surface area contributed by atoms with Gasteiger partial charge in [0.15, 0.2) is 0 Å². The van der Waals surface area contributed by atoms with E-state index in [9.17, 15) is 4.79 Å². The molecular weight excluding hydrogens is 314 g/mol. The van der Waals surface area contributed by atoms with Gasteiger partial charge in [-0.05, 0) is 18.9 Å². The minimum absolute atomic E-state index is 0.349. The Balaban J connectivity index is 1.55. The fourth-order valence-electron chi connectivity index (χ4n) is 2.89. The highest BCUT2D eigenvalue weighted by Gasteiger charge is 2.19. The molecule has 2 heterocycles. The lowest BCUT2D eigenvalue weighted by atomic mass is 10.0. The Morgan fingerprint density at radius 1 is 1.48 bits per heavy atom. The molecule has 0 amide bonds. The first-order valence-electron chi connectivity index (χ1n) is 8.03. The Labute approximate surface area is 139 Å². The molecule has 0 unspecified atom stereocenters. The Hall–Kier alpha value is -1.76. The number of nitrogens with zero attached hydrogens (tertiary/aromatic N) is 2. The van der Waals surface area contributed by atoms with Gasteiger partial charge in [0, 0.05) is 6.42 Å². The van der Waals surface area contributed by atoms with Crippen molar-refractivity contribution in [2.75, 3.05) is 6.61 Å². The molecule has 0 saturated heterocycles. The highest BCUT2D eigenvalue weighted by Crippen LogP contribution is 2.28. The lowest BCUT2D eigenvalue weighted by Gasteiger charge is -2.04. The molecule has 7 heteroatoms. The number of carbonyl (C=O) groups is 1. The topological polar surface area (TPSA) is 81.0 Å². The van der Waals surface area contributed by atoms with Crippen LogP contribution in [0.2, 0.25) is 0 Å². The van der Waals surface area contributed by atoms with E-state index in [0.717, 1.165) is 18.2 Å². The van der Waals surface area contributed by atoms with Crippen molar-refractivity contribution in [1.29, 1.82) is 0 Å². The third kappa shape index (κ3) is 4.16. The zero-order valence-corrected chi connectivity index (χ0v) is 14.0. The molecule has 0 atom stereocenters. The van der Waals surface area contributed by atoms with E-state index in [1.807, 2.05) is 0 Å². The number of furan rings is 1. The number of hydrogen-bond acceptors (Lipinski definition) is 6. The lowest BCUT2D eigenvalue weighted by molar-refractivity contribution is 0.0524. The second kappa shape index (κ2) is 7.68.